The summed E-state index contributed by atoms with van der Waals surface area (Å²) in [7, 11) is 0. The highest BCUT2D eigenvalue weighted by Gasteiger charge is 2.23. The SMILES string of the molecule is O=C(Cc1ccn(C2CCCCC2)n1)C1CCCC1. The van der Waals surface area contributed by atoms with E-state index >= 15 is 0 Å². The van der Waals surface area contributed by atoms with Gasteiger partial charge in [-0.05, 0) is 31.7 Å². The first kappa shape index (κ1) is 12.9. The maximum atomic E-state index is 12.2. The van der Waals surface area contributed by atoms with Crippen molar-refractivity contribution < 1.29 is 4.79 Å². The summed E-state index contributed by atoms with van der Waals surface area (Å²) in [6.07, 6.45) is 13.8. The Morgan fingerprint density at radius 2 is 1.79 bits per heavy atom. The molecule has 2 saturated carbocycles. The predicted molar refractivity (Wildman–Crippen MR) is 75.0 cm³/mol. The van der Waals surface area contributed by atoms with Crippen LogP contribution in [0, 0.1) is 5.92 Å². The van der Waals surface area contributed by atoms with Gasteiger partial charge in [-0.1, -0.05) is 32.1 Å². The molecular formula is C16H24N2O. The molecule has 3 heteroatoms. The van der Waals surface area contributed by atoms with Gasteiger partial charge in [-0.2, -0.15) is 5.10 Å². The van der Waals surface area contributed by atoms with Crippen LogP contribution in [0.5, 0.6) is 0 Å². The molecule has 0 spiro atoms. The van der Waals surface area contributed by atoms with Gasteiger partial charge >= 0.3 is 0 Å². The van der Waals surface area contributed by atoms with Gasteiger partial charge in [0.05, 0.1) is 18.2 Å². The molecule has 19 heavy (non-hydrogen) atoms. The molecule has 1 aromatic heterocycles. The Hall–Kier alpha value is -1.12. The van der Waals surface area contributed by atoms with Crippen molar-refractivity contribution in [2.45, 2.75) is 70.3 Å². The topological polar surface area (TPSA) is 34.9 Å². The van der Waals surface area contributed by atoms with E-state index in [1.807, 2.05) is 6.07 Å². The molecule has 1 aromatic rings. The monoisotopic (exact) mass is 260 g/mol. The Morgan fingerprint density at radius 3 is 2.53 bits per heavy atom. The summed E-state index contributed by atoms with van der Waals surface area (Å²) in [5.74, 6) is 0.728. The molecule has 0 saturated heterocycles. The van der Waals surface area contributed by atoms with Crippen molar-refractivity contribution in [2.75, 3.05) is 0 Å². The van der Waals surface area contributed by atoms with E-state index in [2.05, 4.69) is 16.0 Å². The van der Waals surface area contributed by atoms with E-state index < -0.39 is 0 Å². The molecule has 2 aliphatic rings. The average Bonchev–Trinajstić information content (AvgIpc) is 3.11. The molecule has 0 aliphatic heterocycles. The lowest BCUT2D eigenvalue weighted by Crippen LogP contribution is -2.16. The number of hydrogen-bond donors (Lipinski definition) is 0. The Morgan fingerprint density at radius 1 is 1.11 bits per heavy atom. The van der Waals surface area contributed by atoms with Crippen LogP contribution in [0.4, 0.5) is 0 Å². The van der Waals surface area contributed by atoms with Crippen LogP contribution in [-0.2, 0) is 11.2 Å². The fourth-order valence-electron chi connectivity index (χ4n) is 3.59. The summed E-state index contributed by atoms with van der Waals surface area (Å²) in [5.41, 5.74) is 0.975. The van der Waals surface area contributed by atoms with Gasteiger partial charge < -0.3 is 0 Å². The molecule has 2 fully saturated rings. The quantitative estimate of drug-likeness (QED) is 0.827. The maximum absolute atomic E-state index is 12.2. The smallest absolute Gasteiger partial charge is 0.141 e. The molecule has 0 bridgehead atoms. The highest BCUT2D eigenvalue weighted by atomic mass is 16.1. The van der Waals surface area contributed by atoms with E-state index in [1.165, 1.54) is 44.9 Å². The molecule has 0 aromatic carbocycles. The number of Topliss-reactive ketones (excluding diaryl/α,β-unsaturated/α-hetero) is 1. The summed E-state index contributed by atoms with van der Waals surface area (Å²) < 4.78 is 2.11. The Balaban J connectivity index is 1.59. The number of aromatic nitrogens is 2. The molecular weight excluding hydrogens is 236 g/mol. The fourth-order valence-corrected chi connectivity index (χ4v) is 3.59. The standard InChI is InChI=1S/C16H24N2O/c19-16(13-6-4-5-7-13)12-14-10-11-18(17-14)15-8-2-1-3-9-15/h10-11,13,15H,1-9,12H2. The van der Waals surface area contributed by atoms with Crippen LogP contribution in [-0.4, -0.2) is 15.6 Å². The van der Waals surface area contributed by atoms with Crippen LogP contribution in [0.2, 0.25) is 0 Å². The normalized spacial score (nSPS) is 21.9. The Labute approximate surface area is 115 Å². The summed E-state index contributed by atoms with van der Waals surface area (Å²) in [6.45, 7) is 0. The largest absolute Gasteiger partial charge is 0.299 e. The lowest BCUT2D eigenvalue weighted by molar-refractivity contribution is -0.122. The van der Waals surface area contributed by atoms with Crippen molar-refractivity contribution >= 4 is 5.78 Å². The van der Waals surface area contributed by atoms with Gasteiger partial charge in [0.25, 0.3) is 0 Å². The minimum absolute atomic E-state index is 0.319. The molecule has 1 heterocycles. The third kappa shape index (κ3) is 3.07. The van der Waals surface area contributed by atoms with Crippen LogP contribution in [0.25, 0.3) is 0 Å². The van der Waals surface area contributed by atoms with E-state index in [-0.39, 0.29) is 0 Å². The van der Waals surface area contributed by atoms with Crippen molar-refractivity contribution in [2.24, 2.45) is 5.92 Å². The first-order chi connectivity index (χ1) is 9.33. The molecule has 0 amide bonds. The van der Waals surface area contributed by atoms with Crippen molar-refractivity contribution in [3.8, 4) is 0 Å². The van der Waals surface area contributed by atoms with Gasteiger partial charge in [0, 0.05) is 12.1 Å². The average molecular weight is 260 g/mol. The van der Waals surface area contributed by atoms with Crippen LogP contribution in [0.15, 0.2) is 12.3 Å². The number of ketones is 1. The van der Waals surface area contributed by atoms with Crippen LogP contribution < -0.4 is 0 Å². The summed E-state index contributed by atoms with van der Waals surface area (Å²) >= 11 is 0. The van der Waals surface area contributed by atoms with Gasteiger partial charge in [-0.15, -0.1) is 0 Å². The summed E-state index contributed by atoms with van der Waals surface area (Å²) in [6, 6.07) is 2.62. The van der Waals surface area contributed by atoms with Crippen LogP contribution in [0.3, 0.4) is 0 Å². The van der Waals surface area contributed by atoms with E-state index in [0.29, 0.717) is 24.2 Å². The van der Waals surface area contributed by atoms with Gasteiger partial charge in [-0.3, -0.25) is 9.48 Å². The van der Waals surface area contributed by atoms with Crippen molar-refractivity contribution in [1.29, 1.82) is 0 Å². The number of carbonyl (C=O) groups excluding carboxylic acids is 1. The van der Waals surface area contributed by atoms with Crippen molar-refractivity contribution in [3.63, 3.8) is 0 Å². The maximum Gasteiger partial charge on any atom is 0.141 e. The molecule has 2 aliphatic carbocycles. The van der Waals surface area contributed by atoms with Gasteiger partial charge in [0.15, 0.2) is 0 Å². The summed E-state index contributed by atoms with van der Waals surface area (Å²) in [4.78, 5) is 12.2. The molecule has 104 valence electrons. The van der Waals surface area contributed by atoms with Crippen molar-refractivity contribution in [1.82, 2.24) is 9.78 Å². The van der Waals surface area contributed by atoms with Gasteiger partial charge in [0.1, 0.15) is 5.78 Å². The lowest BCUT2D eigenvalue weighted by atomic mass is 9.96. The number of rotatable bonds is 4. The fraction of sp³-hybridized carbons (Fsp3) is 0.750. The lowest BCUT2D eigenvalue weighted by Gasteiger charge is -2.21. The summed E-state index contributed by atoms with van der Waals surface area (Å²) in [5, 5.41) is 4.64. The van der Waals surface area contributed by atoms with Gasteiger partial charge in [0.2, 0.25) is 0 Å². The second-order valence-electron chi connectivity index (χ2n) is 6.20. The van der Waals surface area contributed by atoms with Crippen molar-refractivity contribution in [3.05, 3.63) is 18.0 Å². The molecule has 0 N–H and O–H groups in total. The van der Waals surface area contributed by atoms with E-state index in [4.69, 9.17) is 0 Å². The number of carbonyl (C=O) groups is 1. The molecule has 3 rings (SSSR count). The number of nitrogens with zero attached hydrogens (tertiary/aromatic N) is 2. The van der Waals surface area contributed by atoms with E-state index in [9.17, 15) is 4.79 Å². The van der Waals surface area contributed by atoms with Crippen LogP contribution in [0.1, 0.15) is 69.5 Å². The third-order valence-corrected chi connectivity index (χ3v) is 4.78. The third-order valence-electron chi connectivity index (χ3n) is 4.78. The van der Waals surface area contributed by atoms with Crippen LogP contribution >= 0.6 is 0 Å². The molecule has 3 nitrogen and oxygen atoms in total. The molecule has 0 unspecified atom stereocenters. The number of hydrogen-bond acceptors (Lipinski definition) is 2. The zero-order valence-electron chi connectivity index (χ0n) is 11.7. The first-order valence-corrected chi connectivity index (χ1v) is 7.89. The zero-order valence-corrected chi connectivity index (χ0v) is 11.7. The van der Waals surface area contributed by atoms with E-state index in [0.717, 1.165) is 18.5 Å². The second kappa shape index (κ2) is 5.89. The minimum atomic E-state index is 0.319. The van der Waals surface area contributed by atoms with E-state index in [1.54, 1.807) is 0 Å². The molecule has 0 radical (unpaired) electrons. The highest BCUT2D eigenvalue weighted by molar-refractivity contribution is 5.83. The minimum Gasteiger partial charge on any atom is -0.299 e. The second-order valence-corrected chi connectivity index (χ2v) is 6.20. The van der Waals surface area contributed by atoms with Gasteiger partial charge in [-0.25, -0.2) is 0 Å². The first-order valence-electron chi connectivity index (χ1n) is 7.89. The molecule has 0 atom stereocenters. The Bertz CT molecular complexity index is 426. The Kier molecular flexibility index (Phi) is 4.00. The highest BCUT2D eigenvalue weighted by Crippen LogP contribution is 2.28. The zero-order chi connectivity index (χ0) is 13.1. The predicted octanol–water partition coefficient (Wildman–Crippen LogP) is 3.69.